The fourth-order valence-electron chi connectivity index (χ4n) is 3.05. The first-order chi connectivity index (χ1) is 11.7. The molecule has 0 bridgehead atoms. The molecule has 0 atom stereocenters. The van der Waals surface area contributed by atoms with Crippen LogP contribution >= 0.6 is 0 Å². The van der Waals surface area contributed by atoms with Crippen molar-refractivity contribution in [1.82, 2.24) is 15.3 Å². The van der Waals surface area contributed by atoms with Crippen LogP contribution in [-0.4, -0.2) is 35.5 Å². The van der Waals surface area contributed by atoms with E-state index in [-0.39, 0.29) is 5.91 Å². The van der Waals surface area contributed by atoms with Crippen LogP contribution in [0.2, 0.25) is 0 Å². The Morgan fingerprint density at radius 1 is 1.21 bits per heavy atom. The molecule has 1 amide bonds. The van der Waals surface area contributed by atoms with Crippen molar-refractivity contribution in [1.29, 1.82) is 0 Å². The van der Waals surface area contributed by atoms with E-state index >= 15 is 0 Å². The lowest BCUT2D eigenvalue weighted by Gasteiger charge is -2.19. The van der Waals surface area contributed by atoms with Gasteiger partial charge in [0.2, 0.25) is 0 Å². The predicted octanol–water partition coefficient (Wildman–Crippen LogP) is 2.83. The molecule has 2 heterocycles. The third-order valence-corrected chi connectivity index (χ3v) is 4.60. The number of hydrogen-bond donors (Lipinski definition) is 1. The highest BCUT2D eigenvalue weighted by Crippen LogP contribution is 2.18. The van der Waals surface area contributed by atoms with Crippen LogP contribution in [0.4, 0.5) is 5.69 Å². The first-order valence-electron chi connectivity index (χ1n) is 8.59. The van der Waals surface area contributed by atoms with E-state index in [9.17, 15) is 4.79 Å². The fourth-order valence-corrected chi connectivity index (χ4v) is 3.05. The van der Waals surface area contributed by atoms with Crippen molar-refractivity contribution in [2.75, 3.05) is 18.5 Å². The smallest absolute Gasteiger partial charge is 0.270 e. The molecule has 24 heavy (non-hydrogen) atoms. The Morgan fingerprint density at radius 2 is 1.96 bits per heavy atom. The molecule has 2 aromatic rings. The van der Waals surface area contributed by atoms with E-state index in [2.05, 4.69) is 20.2 Å². The molecule has 0 aliphatic heterocycles. The molecule has 0 saturated heterocycles. The summed E-state index contributed by atoms with van der Waals surface area (Å²) in [6.45, 7) is 0.888. The van der Waals surface area contributed by atoms with E-state index in [1.54, 1.807) is 6.20 Å². The van der Waals surface area contributed by atoms with Gasteiger partial charge in [-0.15, -0.1) is 0 Å². The van der Waals surface area contributed by atoms with E-state index in [1.165, 1.54) is 18.4 Å². The molecule has 3 rings (SSSR count). The highest BCUT2D eigenvalue weighted by atomic mass is 16.1. The van der Waals surface area contributed by atoms with Crippen LogP contribution in [0, 0.1) is 0 Å². The predicted molar refractivity (Wildman–Crippen MR) is 95.2 cm³/mol. The minimum Gasteiger partial charge on any atom is -0.373 e. The van der Waals surface area contributed by atoms with Gasteiger partial charge in [-0.2, -0.15) is 0 Å². The van der Waals surface area contributed by atoms with E-state index in [0.29, 0.717) is 11.7 Å². The summed E-state index contributed by atoms with van der Waals surface area (Å²) in [4.78, 5) is 22.7. The number of amides is 1. The van der Waals surface area contributed by atoms with Crippen LogP contribution in [0.3, 0.4) is 0 Å². The number of carbonyl (C=O) groups is 1. The van der Waals surface area contributed by atoms with Crippen molar-refractivity contribution in [3.8, 4) is 0 Å². The lowest BCUT2D eigenvalue weighted by molar-refractivity contribution is 0.0933. The molecule has 1 fully saturated rings. The Kier molecular flexibility index (Phi) is 5.41. The first kappa shape index (κ1) is 16.4. The molecular formula is C19H24N4O. The largest absolute Gasteiger partial charge is 0.373 e. The summed E-state index contributed by atoms with van der Waals surface area (Å²) in [5.74, 6) is -0.0621. The van der Waals surface area contributed by atoms with E-state index < -0.39 is 0 Å². The average molecular weight is 324 g/mol. The summed E-state index contributed by atoms with van der Waals surface area (Å²) in [5.41, 5.74) is 2.77. The quantitative estimate of drug-likeness (QED) is 0.888. The zero-order valence-electron chi connectivity index (χ0n) is 14.1. The molecule has 0 radical (unpaired) electrons. The number of pyridine rings is 2. The number of hydrogen-bond acceptors (Lipinski definition) is 4. The third-order valence-electron chi connectivity index (χ3n) is 4.60. The van der Waals surface area contributed by atoms with Gasteiger partial charge in [0.05, 0.1) is 11.9 Å². The standard InChI is InChI=1S/C19H24N4O/c1-23(13-10-15-8-11-20-12-9-15)17-6-7-18(21-14-17)19(24)22-16-4-2-3-5-16/h6-9,11-12,14,16H,2-5,10,13H2,1H3,(H,22,24). The topological polar surface area (TPSA) is 58.1 Å². The number of anilines is 1. The van der Waals surface area contributed by atoms with Crippen LogP contribution in [-0.2, 0) is 6.42 Å². The Morgan fingerprint density at radius 3 is 2.62 bits per heavy atom. The number of carbonyl (C=O) groups excluding carboxylic acids is 1. The molecule has 5 nitrogen and oxygen atoms in total. The van der Waals surface area contributed by atoms with Gasteiger partial charge in [-0.3, -0.25) is 9.78 Å². The van der Waals surface area contributed by atoms with Crippen molar-refractivity contribution >= 4 is 11.6 Å². The normalized spacial score (nSPS) is 14.5. The van der Waals surface area contributed by atoms with Crippen molar-refractivity contribution in [2.24, 2.45) is 0 Å². The second-order valence-corrected chi connectivity index (χ2v) is 6.38. The number of rotatable bonds is 6. The number of aromatic nitrogens is 2. The minimum absolute atomic E-state index is 0.0621. The van der Waals surface area contributed by atoms with E-state index in [1.807, 2.05) is 43.7 Å². The number of nitrogens with zero attached hydrogens (tertiary/aromatic N) is 3. The molecule has 2 aromatic heterocycles. The molecular weight excluding hydrogens is 300 g/mol. The van der Waals surface area contributed by atoms with Crippen LogP contribution in [0.5, 0.6) is 0 Å². The summed E-state index contributed by atoms with van der Waals surface area (Å²) in [6, 6.07) is 8.15. The van der Waals surface area contributed by atoms with Crippen LogP contribution in [0.25, 0.3) is 0 Å². The molecule has 126 valence electrons. The van der Waals surface area contributed by atoms with Crippen LogP contribution in [0.15, 0.2) is 42.9 Å². The van der Waals surface area contributed by atoms with Crippen LogP contribution < -0.4 is 10.2 Å². The number of likely N-dealkylation sites (N-methyl/N-ethyl adjacent to an activating group) is 1. The Labute approximate surface area is 143 Å². The van der Waals surface area contributed by atoms with Gasteiger partial charge in [-0.05, 0) is 49.1 Å². The highest BCUT2D eigenvalue weighted by Gasteiger charge is 2.18. The second-order valence-electron chi connectivity index (χ2n) is 6.38. The van der Waals surface area contributed by atoms with Gasteiger partial charge in [-0.25, -0.2) is 4.98 Å². The maximum atomic E-state index is 12.2. The van der Waals surface area contributed by atoms with Gasteiger partial charge in [-0.1, -0.05) is 12.8 Å². The van der Waals surface area contributed by atoms with Gasteiger partial charge in [0.15, 0.2) is 0 Å². The molecule has 0 aromatic carbocycles. The lowest BCUT2D eigenvalue weighted by Crippen LogP contribution is -2.33. The highest BCUT2D eigenvalue weighted by molar-refractivity contribution is 5.92. The SMILES string of the molecule is CN(CCc1ccncc1)c1ccc(C(=O)NC2CCCC2)nc1. The average Bonchev–Trinajstić information content (AvgIpc) is 3.13. The maximum absolute atomic E-state index is 12.2. The van der Waals surface area contributed by atoms with Gasteiger partial charge >= 0.3 is 0 Å². The van der Waals surface area contributed by atoms with Gasteiger partial charge < -0.3 is 10.2 Å². The zero-order chi connectivity index (χ0) is 16.8. The Balaban J connectivity index is 1.54. The summed E-state index contributed by atoms with van der Waals surface area (Å²) in [7, 11) is 2.04. The fraction of sp³-hybridized carbons (Fsp3) is 0.421. The monoisotopic (exact) mass is 324 g/mol. The van der Waals surface area contributed by atoms with Crippen molar-refractivity contribution in [2.45, 2.75) is 38.1 Å². The van der Waals surface area contributed by atoms with E-state index in [0.717, 1.165) is 31.5 Å². The third kappa shape index (κ3) is 4.31. The molecule has 0 spiro atoms. The maximum Gasteiger partial charge on any atom is 0.270 e. The molecule has 0 unspecified atom stereocenters. The summed E-state index contributed by atoms with van der Waals surface area (Å²) < 4.78 is 0. The van der Waals surface area contributed by atoms with Crippen molar-refractivity contribution < 1.29 is 4.79 Å². The summed E-state index contributed by atoms with van der Waals surface area (Å²) >= 11 is 0. The summed E-state index contributed by atoms with van der Waals surface area (Å²) in [5, 5.41) is 3.07. The van der Waals surface area contributed by atoms with Gasteiger partial charge in [0, 0.05) is 32.0 Å². The lowest BCUT2D eigenvalue weighted by atomic mass is 10.2. The summed E-state index contributed by atoms with van der Waals surface area (Å²) in [6.07, 6.45) is 10.9. The molecule has 1 saturated carbocycles. The number of nitrogens with one attached hydrogen (secondary N) is 1. The van der Waals surface area contributed by atoms with Gasteiger partial charge in [0.25, 0.3) is 5.91 Å². The zero-order valence-corrected chi connectivity index (χ0v) is 14.1. The Hall–Kier alpha value is -2.43. The van der Waals surface area contributed by atoms with Gasteiger partial charge in [0.1, 0.15) is 5.69 Å². The van der Waals surface area contributed by atoms with Crippen molar-refractivity contribution in [3.05, 3.63) is 54.1 Å². The molecule has 5 heteroatoms. The molecule has 1 aliphatic carbocycles. The molecule has 1 N–H and O–H groups in total. The Bertz CT molecular complexity index is 651. The molecule has 1 aliphatic rings. The van der Waals surface area contributed by atoms with E-state index in [4.69, 9.17) is 0 Å². The first-order valence-corrected chi connectivity index (χ1v) is 8.59. The minimum atomic E-state index is -0.0621. The second kappa shape index (κ2) is 7.90. The van der Waals surface area contributed by atoms with Crippen molar-refractivity contribution in [3.63, 3.8) is 0 Å². The van der Waals surface area contributed by atoms with Crippen LogP contribution in [0.1, 0.15) is 41.7 Å².